The minimum atomic E-state index is -0.00340. The summed E-state index contributed by atoms with van der Waals surface area (Å²) in [5.41, 5.74) is 1.90. The number of rotatable bonds is 2. The molecule has 0 fully saturated rings. The van der Waals surface area contributed by atoms with Gasteiger partial charge in [0.15, 0.2) is 5.78 Å². The van der Waals surface area contributed by atoms with Crippen LogP contribution in [0, 0.1) is 5.41 Å². The molecule has 0 atom stereocenters. The van der Waals surface area contributed by atoms with Gasteiger partial charge >= 0.3 is 0 Å². The van der Waals surface area contributed by atoms with Gasteiger partial charge in [-0.1, -0.05) is 25.4 Å². The zero-order valence-corrected chi connectivity index (χ0v) is 12.1. The number of allylic oxidation sites excluding steroid dienone is 2. The molecule has 0 aliphatic heterocycles. The lowest BCUT2D eigenvalue weighted by Crippen LogP contribution is -2.22. The molecule has 2 rings (SSSR count). The van der Waals surface area contributed by atoms with E-state index in [0.29, 0.717) is 11.4 Å². The predicted octanol–water partition coefficient (Wildman–Crippen LogP) is 3.89. The van der Waals surface area contributed by atoms with E-state index in [2.05, 4.69) is 32.8 Å². The van der Waals surface area contributed by atoms with Crippen molar-refractivity contribution < 1.29 is 4.79 Å². The van der Waals surface area contributed by atoms with Gasteiger partial charge in [0.2, 0.25) is 0 Å². The Hall–Kier alpha value is -1.09. The normalized spacial score (nSPS) is 19.2. The zero-order valence-electron chi connectivity index (χ0n) is 11.3. The molecule has 18 heavy (non-hydrogen) atoms. The van der Waals surface area contributed by atoms with Gasteiger partial charge < -0.3 is 0 Å². The molecule has 1 aliphatic carbocycles. The summed E-state index contributed by atoms with van der Waals surface area (Å²) in [5, 5.41) is 4.92. The highest BCUT2D eigenvalue weighted by molar-refractivity contribution is 6.32. The average molecular weight is 267 g/mol. The van der Waals surface area contributed by atoms with Gasteiger partial charge in [-0.25, -0.2) is 0 Å². The molecule has 0 amide bonds. The number of hydrogen-bond acceptors (Lipinski definition) is 2. The number of carbonyl (C=O) groups is 1. The summed E-state index contributed by atoms with van der Waals surface area (Å²) in [4.78, 5) is 11.8. The molecular weight excluding hydrogens is 248 g/mol. The van der Waals surface area contributed by atoms with Crippen LogP contribution in [0.4, 0.5) is 0 Å². The van der Waals surface area contributed by atoms with Crippen molar-refractivity contribution in [1.29, 1.82) is 0 Å². The van der Waals surface area contributed by atoms with E-state index in [1.54, 1.807) is 12.3 Å². The molecule has 3 nitrogen and oxygen atoms in total. The van der Waals surface area contributed by atoms with E-state index in [4.69, 9.17) is 11.6 Å². The fourth-order valence-electron chi connectivity index (χ4n) is 2.53. The van der Waals surface area contributed by atoms with Gasteiger partial charge in [-0.3, -0.25) is 9.48 Å². The summed E-state index contributed by atoms with van der Waals surface area (Å²) in [6.45, 7) is 8.34. The largest absolute Gasteiger partial charge is 0.295 e. The van der Waals surface area contributed by atoms with Crippen molar-refractivity contribution in [2.45, 2.75) is 46.6 Å². The molecule has 98 valence electrons. The highest BCUT2D eigenvalue weighted by atomic mass is 35.5. The molecule has 4 heteroatoms. The second-order valence-electron chi connectivity index (χ2n) is 6.03. The number of halogens is 1. The molecule has 0 aromatic carbocycles. The topological polar surface area (TPSA) is 34.9 Å². The van der Waals surface area contributed by atoms with Crippen LogP contribution >= 0.6 is 11.6 Å². The number of carbonyl (C=O) groups excluding carboxylic acids is 1. The van der Waals surface area contributed by atoms with Crippen molar-refractivity contribution in [3.63, 3.8) is 0 Å². The Morgan fingerprint density at radius 2 is 2.06 bits per heavy atom. The Balaban J connectivity index is 2.49. The third kappa shape index (κ3) is 2.51. The lowest BCUT2D eigenvalue weighted by Gasteiger charge is -2.29. The molecule has 0 N–H and O–H groups in total. The van der Waals surface area contributed by atoms with E-state index in [0.717, 1.165) is 17.7 Å². The molecule has 1 aromatic rings. The van der Waals surface area contributed by atoms with Crippen LogP contribution in [0.15, 0.2) is 12.3 Å². The summed E-state index contributed by atoms with van der Waals surface area (Å²) in [5.74, 6) is 0.175. The molecular formula is C14H19ClN2O. The molecule has 0 unspecified atom stereocenters. The van der Waals surface area contributed by atoms with Crippen molar-refractivity contribution >= 4 is 23.0 Å². The summed E-state index contributed by atoms with van der Waals surface area (Å²) in [6.07, 6.45) is 4.84. The molecule has 0 saturated carbocycles. The number of aromatic nitrogens is 2. The van der Waals surface area contributed by atoms with Crippen LogP contribution < -0.4 is 0 Å². The maximum atomic E-state index is 11.8. The smallest absolute Gasteiger partial charge is 0.156 e. The first-order valence-corrected chi connectivity index (χ1v) is 6.65. The maximum absolute atomic E-state index is 11.8. The summed E-state index contributed by atoms with van der Waals surface area (Å²) in [7, 11) is 0. The zero-order chi connectivity index (χ0) is 13.5. The second-order valence-corrected chi connectivity index (χ2v) is 6.44. The quantitative estimate of drug-likeness (QED) is 0.814. The SMILES string of the molecule is CC(C)n1ncc(Cl)c1C1=CC(=O)CC(C)(C)C1. The lowest BCUT2D eigenvalue weighted by atomic mass is 9.76. The van der Waals surface area contributed by atoms with Crippen LogP contribution in [0.5, 0.6) is 0 Å². The molecule has 0 bridgehead atoms. The van der Waals surface area contributed by atoms with E-state index < -0.39 is 0 Å². The second kappa shape index (κ2) is 4.54. The van der Waals surface area contributed by atoms with Crippen molar-refractivity contribution in [3.8, 4) is 0 Å². The maximum Gasteiger partial charge on any atom is 0.156 e. The predicted molar refractivity (Wildman–Crippen MR) is 73.6 cm³/mol. The van der Waals surface area contributed by atoms with E-state index in [-0.39, 0.29) is 17.2 Å². The lowest BCUT2D eigenvalue weighted by molar-refractivity contribution is -0.116. The molecule has 0 saturated heterocycles. The Kier molecular flexibility index (Phi) is 3.37. The van der Waals surface area contributed by atoms with Crippen LogP contribution in [0.25, 0.3) is 5.57 Å². The van der Waals surface area contributed by atoms with Gasteiger partial charge in [-0.2, -0.15) is 5.10 Å². The van der Waals surface area contributed by atoms with Crippen LogP contribution in [0.2, 0.25) is 5.02 Å². The molecule has 0 spiro atoms. The van der Waals surface area contributed by atoms with Crippen molar-refractivity contribution in [2.24, 2.45) is 5.41 Å². The van der Waals surface area contributed by atoms with Crippen LogP contribution in [-0.2, 0) is 4.79 Å². The van der Waals surface area contributed by atoms with E-state index in [9.17, 15) is 4.79 Å². The third-order valence-corrected chi connectivity index (χ3v) is 3.48. The van der Waals surface area contributed by atoms with Gasteiger partial charge in [0.1, 0.15) is 0 Å². The summed E-state index contributed by atoms with van der Waals surface area (Å²) < 4.78 is 1.89. The van der Waals surface area contributed by atoms with Crippen LogP contribution in [-0.4, -0.2) is 15.6 Å². The highest BCUT2D eigenvalue weighted by Crippen LogP contribution is 2.40. The third-order valence-electron chi connectivity index (χ3n) is 3.20. The van der Waals surface area contributed by atoms with Crippen LogP contribution in [0.3, 0.4) is 0 Å². The summed E-state index contributed by atoms with van der Waals surface area (Å²) >= 11 is 6.23. The van der Waals surface area contributed by atoms with Crippen molar-refractivity contribution in [2.75, 3.05) is 0 Å². The van der Waals surface area contributed by atoms with E-state index >= 15 is 0 Å². The van der Waals surface area contributed by atoms with E-state index in [1.807, 2.05) is 4.68 Å². The number of nitrogens with zero attached hydrogens (tertiary/aromatic N) is 2. The van der Waals surface area contributed by atoms with Gasteiger partial charge in [-0.15, -0.1) is 0 Å². The Morgan fingerprint density at radius 3 is 2.61 bits per heavy atom. The van der Waals surface area contributed by atoms with Crippen molar-refractivity contribution in [1.82, 2.24) is 9.78 Å². The minimum absolute atomic E-state index is 0.00340. The standard InChI is InChI=1S/C14H19ClN2O/c1-9(2)17-13(12(15)8-16-17)10-5-11(18)7-14(3,4)6-10/h5,8-9H,6-7H2,1-4H3. The van der Waals surface area contributed by atoms with Crippen molar-refractivity contribution in [3.05, 3.63) is 23.0 Å². The molecule has 0 radical (unpaired) electrons. The van der Waals surface area contributed by atoms with Gasteiger partial charge in [-0.05, 0) is 37.3 Å². The van der Waals surface area contributed by atoms with Gasteiger partial charge in [0, 0.05) is 12.5 Å². The number of hydrogen-bond donors (Lipinski definition) is 0. The highest BCUT2D eigenvalue weighted by Gasteiger charge is 2.30. The van der Waals surface area contributed by atoms with Gasteiger partial charge in [0.05, 0.1) is 16.9 Å². The summed E-state index contributed by atoms with van der Waals surface area (Å²) in [6, 6.07) is 0.230. The van der Waals surface area contributed by atoms with Gasteiger partial charge in [0.25, 0.3) is 0 Å². The van der Waals surface area contributed by atoms with E-state index in [1.165, 1.54) is 0 Å². The Morgan fingerprint density at radius 1 is 1.39 bits per heavy atom. The Bertz CT molecular complexity index is 512. The minimum Gasteiger partial charge on any atom is -0.295 e. The molecule has 1 aliphatic rings. The number of ketones is 1. The molecule has 1 aromatic heterocycles. The average Bonchev–Trinajstić information content (AvgIpc) is 2.56. The Labute approximate surface area is 113 Å². The first kappa shape index (κ1) is 13.3. The first-order valence-electron chi connectivity index (χ1n) is 6.27. The van der Waals surface area contributed by atoms with Crippen LogP contribution in [0.1, 0.15) is 52.3 Å². The monoisotopic (exact) mass is 266 g/mol. The molecule has 1 heterocycles. The fraction of sp³-hybridized carbons (Fsp3) is 0.571. The first-order chi connectivity index (χ1) is 8.30. The fourth-order valence-corrected chi connectivity index (χ4v) is 2.78.